The van der Waals surface area contributed by atoms with Gasteiger partial charge in [0.15, 0.2) is 0 Å². The van der Waals surface area contributed by atoms with Crippen LogP contribution in [0.1, 0.15) is 48.9 Å². The summed E-state index contributed by atoms with van der Waals surface area (Å²) in [4.78, 5) is 2.51. The lowest BCUT2D eigenvalue weighted by atomic mass is 10.0. The highest BCUT2D eigenvalue weighted by Gasteiger charge is 2.34. The molecule has 3 heteroatoms. The zero-order valence-corrected chi connectivity index (χ0v) is 14.3. The summed E-state index contributed by atoms with van der Waals surface area (Å²) in [5.74, 6) is 0. The van der Waals surface area contributed by atoms with Gasteiger partial charge in [0.2, 0.25) is 0 Å². The normalized spacial score (nSPS) is 20.5. The van der Waals surface area contributed by atoms with E-state index in [0.29, 0.717) is 22.7 Å². The highest BCUT2D eigenvalue weighted by molar-refractivity contribution is 6.32. The van der Waals surface area contributed by atoms with Gasteiger partial charge in [0.1, 0.15) is 6.07 Å². The fraction of sp³-hybridized carbons (Fsp3) is 0.350. The molecular formula is C20H21ClN2. The van der Waals surface area contributed by atoms with Gasteiger partial charge in [0.05, 0.1) is 16.6 Å². The second-order valence-electron chi connectivity index (χ2n) is 6.16. The molecule has 1 aliphatic rings. The molecule has 1 aliphatic heterocycles. The number of hydrogen-bond donors (Lipinski definition) is 0. The Bertz CT molecular complexity index is 733. The maximum Gasteiger partial charge on any atom is 0.101 e. The van der Waals surface area contributed by atoms with E-state index in [0.717, 1.165) is 24.1 Å². The quantitative estimate of drug-likeness (QED) is 0.730. The summed E-state index contributed by atoms with van der Waals surface area (Å²) in [7, 11) is 0. The van der Waals surface area contributed by atoms with Crippen molar-refractivity contribution in [3.63, 3.8) is 0 Å². The molecule has 1 fully saturated rings. The number of nitrogens with zero attached hydrogens (tertiary/aromatic N) is 2. The van der Waals surface area contributed by atoms with Gasteiger partial charge < -0.3 is 4.90 Å². The van der Waals surface area contributed by atoms with Crippen LogP contribution in [0, 0.1) is 18.3 Å². The molecule has 2 atom stereocenters. The number of benzene rings is 2. The third kappa shape index (κ3) is 2.82. The van der Waals surface area contributed by atoms with Gasteiger partial charge in [-0.05, 0) is 49.4 Å². The Kier molecular flexibility index (Phi) is 4.59. The van der Waals surface area contributed by atoms with Gasteiger partial charge in [0.25, 0.3) is 0 Å². The van der Waals surface area contributed by atoms with E-state index in [1.807, 2.05) is 13.0 Å². The van der Waals surface area contributed by atoms with Crippen LogP contribution in [0.25, 0.3) is 0 Å². The van der Waals surface area contributed by atoms with E-state index in [1.54, 1.807) is 0 Å². The zero-order valence-electron chi connectivity index (χ0n) is 13.6. The predicted molar refractivity (Wildman–Crippen MR) is 95.9 cm³/mol. The highest BCUT2D eigenvalue weighted by atomic mass is 35.5. The molecule has 1 heterocycles. The molecule has 0 saturated carbocycles. The van der Waals surface area contributed by atoms with E-state index < -0.39 is 0 Å². The first kappa shape index (κ1) is 15.9. The Morgan fingerprint density at radius 2 is 1.91 bits per heavy atom. The first-order valence-electron chi connectivity index (χ1n) is 8.19. The minimum atomic E-state index is 0.379. The summed E-state index contributed by atoms with van der Waals surface area (Å²) >= 11 is 6.41. The fourth-order valence-electron chi connectivity index (χ4n) is 3.69. The van der Waals surface area contributed by atoms with Gasteiger partial charge in [-0.3, -0.25) is 0 Å². The summed E-state index contributed by atoms with van der Waals surface area (Å²) in [5.41, 5.74) is 4.07. The van der Waals surface area contributed by atoms with E-state index in [2.05, 4.69) is 54.3 Å². The van der Waals surface area contributed by atoms with E-state index in [1.165, 1.54) is 12.0 Å². The van der Waals surface area contributed by atoms with E-state index in [4.69, 9.17) is 11.6 Å². The Morgan fingerprint density at radius 1 is 1.17 bits per heavy atom. The molecule has 0 aliphatic carbocycles. The minimum Gasteiger partial charge on any atom is -0.361 e. The minimum absolute atomic E-state index is 0.379. The monoisotopic (exact) mass is 324 g/mol. The molecule has 0 bridgehead atoms. The summed E-state index contributed by atoms with van der Waals surface area (Å²) in [5, 5.41) is 9.76. The molecule has 0 radical (unpaired) electrons. The van der Waals surface area contributed by atoms with Crippen LogP contribution in [-0.2, 0) is 0 Å². The number of anilines is 1. The molecule has 0 N–H and O–H groups in total. The fourth-order valence-corrected chi connectivity index (χ4v) is 3.89. The lowest BCUT2D eigenvalue weighted by Crippen LogP contribution is -2.31. The standard InChI is InChI=1S/C20H21ClN2/c1-3-17-10-12-19(15-7-5-4-6-8-15)23(17)18-11-9-16(13-22)20(21)14(18)2/h4-9,11,17,19H,3,10,12H2,1-2H3. The van der Waals surface area contributed by atoms with E-state index in [9.17, 15) is 5.26 Å². The molecule has 2 aromatic carbocycles. The Hall–Kier alpha value is -1.98. The first-order valence-corrected chi connectivity index (χ1v) is 8.57. The van der Waals surface area contributed by atoms with Crippen molar-refractivity contribution >= 4 is 17.3 Å². The Morgan fingerprint density at radius 3 is 2.57 bits per heavy atom. The number of nitriles is 1. The maximum atomic E-state index is 9.18. The summed E-state index contributed by atoms with van der Waals surface area (Å²) in [6.07, 6.45) is 3.45. The smallest absolute Gasteiger partial charge is 0.101 e. The van der Waals surface area contributed by atoms with Gasteiger partial charge in [-0.15, -0.1) is 0 Å². The van der Waals surface area contributed by atoms with Gasteiger partial charge in [-0.1, -0.05) is 48.9 Å². The molecule has 0 spiro atoms. The Labute approximate surface area is 143 Å². The van der Waals surface area contributed by atoms with Crippen LogP contribution < -0.4 is 4.90 Å². The third-order valence-corrected chi connectivity index (χ3v) is 5.40. The molecule has 2 aromatic rings. The molecular weight excluding hydrogens is 304 g/mol. The summed E-state index contributed by atoms with van der Waals surface area (Å²) in [6, 6.07) is 17.6. The van der Waals surface area contributed by atoms with Crippen molar-refractivity contribution in [1.82, 2.24) is 0 Å². The van der Waals surface area contributed by atoms with E-state index >= 15 is 0 Å². The number of rotatable bonds is 3. The summed E-state index contributed by atoms with van der Waals surface area (Å²) < 4.78 is 0. The molecule has 1 saturated heterocycles. The van der Waals surface area contributed by atoms with Gasteiger partial charge in [-0.25, -0.2) is 0 Å². The second kappa shape index (κ2) is 6.64. The lowest BCUT2D eigenvalue weighted by molar-refractivity contribution is 0.622. The molecule has 23 heavy (non-hydrogen) atoms. The van der Waals surface area contributed by atoms with E-state index in [-0.39, 0.29) is 0 Å². The van der Waals surface area contributed by atoms with Crippen molar-refractivity contribution in [2.75, 3.05) is 4.90 Å². The average molecular weight is 325 g/mol. The highest BCUT2D eigenvalue weighted by Crippen LogP contribution is 2.43. The maximum absolute atomic E-state index is 9.18. The topological polar surface area (TPSA) is 27.0 Å². The van der Waals surface area contributed by atoms with Gasteiger partial charge in [0, 0.05) is 11.7 Å². The van der Waals surface area contributed by atoms with Crippen molar-refractivity contribution in [2.45, 2.75) is 45.2 Å². The van der Waals surface area contributed by atoms with Crippen molar-refractivity contribution < 1.29 is 0 Å². The SMILES string of the molecule is CCC1CCC(c2ccccc2)N1c1ccc(C#N)c(Cl)c1C. The zero-order chi connectivity index (χ0) is 16.4. The molecule has 0 aromatic heterocycles. The van der Waals surface area contributed by atoms with Crippen LogP contribution in [0.3, 0.4) is 0 Å². The predicted octanol–water partition coefficient (Wildman–Crippen LogP) is 5.64. The van der Waals surface area contributed by atoms with Gasteiger partial charge in [-0.2, -0.15) is 5.26 Å². The third-order valence-electron chi connectivity index (χ3n) is 4.91. The molecule has 118 valence electrons. The van der Waals surface area contributed by atoms with Crippen LogP contribution in [0.4, 0.5) is 5.69 Å². The van der Waals surface area contributed by atoms with Crippen LogP contribution in [0.2, 0.25) is 5.02 Å². The Balaban J connectivity index is 2.07. The molecule has 2 nitrogen and oxygen atoms in total. The lowest BCUT2D eigenvalue weighted by Gasteiger charge is -2.34. The van der Waals surface area contributed by atoms with Crippen molar-refractivity contribution in [3.8, 4) is 6.07 Å². The molecule has 2 unspecified atom stereocenters. The van der Waals surface area contributed by atoms with Crippen LogP contribution in [0.15, 0.2) is 42.5 Å². The van der Waals surface area contributed by atoms with Crippen LogP contribution in [-0.4, -0.2) is 6.04 Å². The molecule has 0 amide bonds. The average Bonchev–Trinajstić information content (AvgIpc) is 3.02. The largest absolute Gasteiger partial charge is 0.361 e. The van der Waals surface area contributed by atoms with Crippen LogP contribution >= 0.6 is 11.6 Å². The van der Waals surface area contributed by atoms with Gasteiger partial charge >= 0.3 is 0 Å². The van der Waals surface area contributed by atoms with Crippen molar-refractivity contribution in [2.24, 2.45) is 0 Å². The first-order chi connectivity index (χ1) is 11.2. The van der Waals surface area contributed by atoms with Crippen molar-refractivity contribution in [1.29, 1.82) is 5.26 Å². The molecule has 3 rings (SSSR count). The number of hydrogen-bond acceptors (Lipinski definition) is 2. The second-order valence-corrected chi connectivity index (χ2v) is 6.53. The summed E-state index contributed by atoms with van der Waals surface area (Å²) in [6.45, 7) is 4.26. The van der Waals surface area contributed by atoms with Crippen LogP contribution in [0.5, 0.6) is 0 Å². The van der Waals surface area contributed by atoms with Crippen molar-refractivity contribution in [3.05, 3.63) is 64.2 Å². The number of halogens is 1.